The molecule has 100 valence electrons. The number of hydrogen-bond acceptors (Lipinski definition) is 1. The number of Topliss-reactive ketones (excluding diaryl/α,β-unsaturated/α-hetero) is 1. The molecule has 0 heterocycles. The predicted molar refractivity (Wildman–Crippen MR) is 60.7 cm³/mol. The fourth-order valence-electron chi connectivity index (χ4n) is 2.75. The number of carbonyl (C=O) groups is 1. The van der Waals surface area contributed by atoms with Gasteiger partial charge in [0.05, 0.1) is 0 Å². The van der Waals surface area contributed by atoms with Crippen molar-refractivity contribution in [3.8, 4) is 0 Å². The van der Waals surface area contributed by atoms with E-state index in [0.29, 0.717) is 19.3 Å². The lowest BCUT2D eigenvalue weighted by Gasteiger charge is -2.46. The van der Waals surface area contributed by atoms with Gasteiger partial charge in [-0.25, -0.2) is 0 Å². The molecular weight excluding hydrogens is 229 g/mol. The molecule has 17 heavy (non-hydrogen) atoms. The summed E-state index contributed by atoms with van der Waals surface area (Å²) in [6, 6.07) is 0. The van der Waals surface area contributed by atoms with E-state index in [0.717, 1.165) is 6.42 Å². The largest absolute Gasteiger partial charge is 0.401 e. The second-order valence-electron chi connectivity index (χ2n) is 5.43. The van der Waals surface area contributed by atoms with Crippen LogP contribution in [0, 0.1) is 10.8 Å². The first-order chi connectivity index (χ1) is 7.73. The number of carbonyl (C=O) groups excluding carboxylic acids is 1. The molecule has 1 aliphatic carbocycles. The van der Waals surface area contributed by atoms with E-state index in [1.807, 2.05) is 6.92 Å². The predicted octanol–water partition coefficient (Wildman–Crippen LogP) is 4.50. The summed E-state index contributed by atoms with van der Waals surface area (Å²) < 4.78 is 39.3. The zero-order chi connectivity index (χ0) is 13.3. The second-order valence-corrected chi connectivity index (χ2v) is 5.43. The molecule has 1 aliphatic rings. The highest BCUT2D eigenvalue weighted by molar-refractivity contribution is 5.91. The van der Waals surface area contributed by atoms with Crippen molar-refractivity contribution in [2.24, 2.45) is 10.8 Å². The summed E-state index contributed by atoms with van der Waals surface area (Å²) in [5.41, 5.74) is -2.85. The number of alkyl halides is 3. The van der Waals surface area contributed by atoms with Gasteiger partial charge in [-0.3, -0.25) is 4.79 Å². The van der Waals surface area contributed by atoms with Gasteiger partial charge in [0.25, 0.3) is 0 Å². The van der Waals surface area contributed by atoms with E-state index in [9.17, 15) is 18.0 Å². The molecule has 0 amide bonds. The maximum absolute atomic E-state index is 13.1. The van der Waals surface area contributed by atoms with Crippen LogP contribution in [0.4, 0.5) is 13.2 Å². The van der Waals surface area contributed by atoms with Crippen LogP contribution in [-0.2, 0) is 4.79 Å². The molecule has 0 aliphatic heterocycles. The van der Waals surface area contributed by atoms with Crippen molar-refractivity contribution in [3.05, 3.63) is 0 Å². The highest BCUT2D eigenvalue weighted by Crippen LogP contribution is 2.57. The monoisotopic (exact) mass is 250 g/mol. The Balaban J connectivity index is 3.01. The molecule has 0 N–H and O–H groups in total. The SMILES string of the molecule is CCCC(C)(CC)C(=O)C1(C(F)(F)F)CCC1. The third-order valence-corrected chi connectivity index (χ3v) is 4.31. The summed E-state index contributed by atoms with van der Waals surface area (Å²) >= 11 is 0. The van der Waals surface area contributed by atoms with Crippen molar-refractivity contribution >= 4 is 5.78 Å². The lowest BCUT2D eigenvalue weighted by molar-refractivity contribution is -0.246. The highest BCUT2D eigenvalue weighted by atomic mass is 19.4. The Hall–Kier alpha value is -0.540. The minimum absolute atomic E-state index is 0.0192. The normalized spacial score (nSPS) is 22.7. The van der Waals surface area contributed by atoms with E-state index < -0.39 is 22.8 Å². The number of halogens is 3. The topological polar surface area (TPSA) is 17.1 Å². The third kappa shape index (κ3) is 2.23. The van der Waals surface area contributed by atoms with Crippen molar-refractivity contribution in [2.45, 2.75) is 65.5 Å². The average molecular weight is 250 g/mol. The minimum atomic E-state index is -4.38. The number of hydrogen-bond donors (Lipinski definition) is 0. The van der Waals surface area contributed by atoms with Gasteiger partial charge < -0.3 is 0 Å². The van der Waals surface area contributed by atoms with Gasteiger partial charge in [-0.15, -0.1) is 0 Å². The molecule has 0 saturated heterocycles. The zero-order valence-corrected chi connectivity index (χ0v) is 10.8. The van der Waals surface area contributed by atoms with Crippen molar-refractivity contribution < 1.29 is 18.0 Å². The van der Waals surface area contributed by atoms with Gasteiger partial charge in [0, 0.05) is 5.41 Å². The first-order valence-corrected chi connectivity index (χ1v) is 6.35. The van der Waals surface area contributed by atoms with Crippen molar-refractivity contribution in [1.29, 1.82) is 0 Å². The standard InChI is InChI=1S/C13H21F3O/c1-4-7-11(3,5-2)10(17)12(8-6-9-12)13(14,15)16/h4-9H2,1-3H3. The fourth-order valence-corrected chi connectivity index (χ4v) is 2.75. The molecule has 0 aromatic carbocycles. The first kappa shape index (κ1) is 14.5. The van der Waals surface area contributed by atoms with Gasteiger partial charge in [-0.1, -0.05) is 33.6 Å². The molecule has 1 saturated carbocycles. The maximum atomic E-state index is 13.1. The van der Waals surface area contributed by atoms with Crippen LogP contribution in [0.25, 0.3) is 0 Å². The summed E-state index contributed by atoms with van der Waals surface area (Å²) in [5.74, 6) is -0.576. The quantitative estimate of drug-likeness (QED) is 0.702. The van der Waals surface area contributed by atoms with Crippen LogP contribution >= 0.6 is 0 Å². The summed E-state index contributed by atoms with van der Waals surface area (Å²) in [4.78, 5) is 12.3. The molecule has 0 aromatic rings. The molecule has 1 rings (SSSR count). The van der Waals surface area contributed by atoms with E-state index in [4.69, 9.17) is 0 Å². The summed E-state index contributed by atoms with van der Waals surface area (Å²) in [5, 5.41) is 0. The van der Waals surface area contributed by atoms with Gasteiger partial charge in [0.2, 0.25) is 0 Å². The van der Waals surface area contributed by atoms with E-state index >= 15 is 0 Å². The van der Waals surface area contributed by atoms with Crippen molar-refractivity contribution in [1.82, 2.24) is 0 Å². The van der Waals surface area contributed by atoms with Crippen LogP contribution in [0.15, 0.2) is 0 Å². The first-order valence-electron chi connectivity index (χ1n) is 6.35. The third-order valence-electron chi connectivity index (χ3n) is 4.31. The van der Waals surface area contributed by atoms with Crippen LogP contribution < -0.4 is 0 Å². The van der Waals surface area contributed by atoms with Crippen LogP contribution in [0.2, 0.25) is 0 Å². The van der Waals surface area contributed by atoms with E-state index in [-0.39, 0.29) is 12.8 Å². The zero-order valence-electron chi connectivity index (χ0n) is 10.8. The lowest BCUT2D eigenvalue weighted by Crippen LogP contribution is -2.55. The Bertz CT molecular complexity index is 292. The van der Waals surface area contributed by atoms with Gasteiger partial charge in [0.15, 0.2) is 5.78 Å². The molecule has 1 fully saturated rings. The molecule has 1 nitrogen and oxygen atoms in total. The molecule has 1 atom stereocenters. The highest BCUT2D eigenvalue weighted by Gasteiger charge is 2.65. The van der Waals surface area contributed by atoms with Gasteiger partial charge in [0.1, 0.15) is 5.41 Å². The van der Waals surface area contributed by atoms with Crippen LogP contribution in [0.3, 0.4) is 0 Å². The van der Waals surface area contributed by atoms with Gasteiger partial charge >= 0.3 is 6.18 Å². The Morgan fingerprint density at radius 3 is 2.00 bits per heavy atom. The fraction of sp³-hybridized carbons (Fsp3) is 0.923. The van der Waals surface area contributed by atoms with Crippen molar-refractivity contribution in [2.75, 3.05) is 0 Å². The summed E-state index contributed by atoms with van der Waals surface area (Å²) in [6.07, 6.45) is -2.14. The van der Waals surface area contributed by atoms with Crippen LogP contribution in [-0.4, -0.2) is 12.0 Å². The summed E-state index contributed by atoms with van der Waals surface area (Å²) in [7, 11) is 0. The molecule has 1 unspecified atom stereocenters. The molecule has 4 heteroatoms. The van der Waals surface area contributed by atoms with E-state index in [1.165, 1.54) is 0 Å². The Labute approximate surface area is 101 Å². The van der Waals surface area contributed by atoms with E-state index in [2.05, 4.69) is 0 Å². The number of ketones is 1. The molecule has 0 radical (unpaired) electrons. The molecule has 0 spiro atoms. The molecule has 0 aromatic heterocycles. The molecular formula is C13H21F3O. The Kier molecular flexibility index (Phi) is 3.94. The minimum Gasteiger partial charge on any atom is -0.298 e. The maximum Gasteiger partial charge on any atom is 0.401 e. The van der Waals surface area contributed by atoms with Crippen LogP contribution in [0.5, 0.6) is 0 Å². The Morgan fingerprint density at radius 2 is 1.76 bits per heavy atom. The second kappa shape index (κ2) is 4.62. The summed E-state index contributed by atoms with van der Waals surface area (Å²) in [6.45, 7) is 5.39. The lowest BCUT2D eigenvalue weighted by atomic mass is 9.58. The Morgan fingerprint density at radius 1 is 1.24 bits per heavy atom. The number of rotatable bonds is 5. The van der Waals surface area contributed by atoms with Crippen molar-refractivity contribution in [3.63, 3.8) is 0 Å². The van der Waals surface area contributed by atoms with Gasteiger partial charge in [-0.2, -0.15) is 13.2 Å². The average Bonchev–Trinajstić information content (AvgIpc) is 2.13. The molecule has 0 bridgehead atoms. The van der Waals surface area contributed by atoms with Crippen LogP contribution in [0.1, 0.15) is 59.3 Å². The smallest absolute Gasteiger partial charge is 0.298 e. The van der Waals surface area contributed by atoms with E-state index in [1.54, 1.807) is 13.8 Å². The van der Waals surface area contributed by atoms with Gasteiger partial charge in [-0.05, 0) is 25.7 Å².